The van der Waals surface area contributed by atoms with Gasteiger partial charge >= 0.3 is 11.7 Å². The van der Waals surface area contributed by atoms with Gasteiger partial charge in [0.2, 0.25) is 0 Å². The second-order valence-electron chi connectivity index (χ2n) is 6.75. The summed E-state index contributed by atoms with van der Waals surface area (Å²) < 4.78 is 10.4. The van der Waals surface area contributed by atoms with Crippen molar-refractivity contribution in [1.29, 1.82) is 0 Å². The van der Waals surface area contributed by atoms with Gasteiger partial charge in [0.25, 0.3) is 5.91 Å². The molecule has 0 heterocycles. The number of anilines is 1. The number of nitro benzene ring substituents is 1. The maximum atomic E-state index is 12.4. The fraction of sp³-hybridized carbons (Fsp3) is 0.333. The summed E-state index contributed by atoms with van der Waals surface area (Å²) in [6, 6.07) is 9.54. The van der Waals surface area contributed by atoms with Gasteiger partial charge in [-0.15, -0.1) is 0 Å². The Bertz CT molecular complexity index is 956. The van der Waals surface area contributed by atoms with Crippen molar-refractivity contribution in [3.8, 4) is 5.75 Å². The second-order valence-corrected chi connectivity index (χ2v) is 6.75. The average Bonchev–Trinajstić information content (AvgIpc) is 3.16. The smallest absolute Gasteiger partial charge is 0.339 e. The van der Waals surface area contributed by atoms with E-state index in [4.69, 9.17) is 9.47 Å². The number of benzene rings is 2. The summed E-state index contributed by atoms with van der Waals surface area (Å²) in [7, 11) is 0. The van der Waals surface area contributed by atoms with E-state index < -0.39 is 22.9 Å². The molecule has 0 unspecified atom stereocenters. The van der Waals surface area contributed by atoms with Crippen LogP contribution in [0.3, 0.4) is 0 Å². The lowest BCUT2D eigenvalue weighted by Crippen LogP contribution is -2.30. The zero-order valence-corrected chi connectivity index (χ0v) is 16.3. The zero-order chi connectivity index (χ0) is 21.0. The third-order valence-electron chi connectivity index (χ3n) is 4.71. The van der Waals surface area contributed by atoms with Crippen LogP contribution in [-0.4, -0.2) is 29.5 Å². The lowest BCUT2D eigenvalue weighted by atomic mass is 10.1. The van der Waals surface area contributed by atoms with Gasteiger partial charge < -0.3 is 14.8 Å². The molecule has 8 heteroatoms. The number of carbonyl (C=O) groups excluding carboxylic acids is 2. The fourth-order valence-electron chi connectivity index (χ4n) is 3.24. The third kappa shape index (κ3) is 4.71. The van der Waals surface area contributed by atoms with Gasteiger partial charge in [0, 0.05) is 11.8 Å². The van der Waals surface area contributed by atoms with Crippen LogP contribution in [0.1, 0.15) is 41.8 Å². The first-order valence-corrected chi connectivity index (χ1v) is 9.44. The van der Waals surface area contributed by atoms with Crippen molar-refractivity contribution in [3.05, 3.63) is 63.2 Å². The lowest BCUT2D eigenvalue weighted by molar-refractivity contribution is -0.385. The number of fused-ring (bicyclic) bond motifs is 1. The summed E-state index contributed by atoms with van der Waals surface area (Å²) in [5.74, 6) is -1.24. The van der Waals surface area contributed by atoms with Crippen LogP contribution in [0, 0.1) is 10.1 Å². The Balaban J connectivity index is 1.66. The molecule has 0 aromatic heterocycles. The monoisotopic (exact) mass is 398 g/mol. The normalized spacial score (nSPS) is 13.3. The molecule has 0 spiro atoms. The summed E-state index contributed by atoms with van der Waals surface area (Å²) in [5, 5.41) is 13.9. The van der Waals surface area contributed by atoms with Crippen molar-refractivity contribution in [1.82, 2.24) is 0 Å². The summed E-state index contributed by atoms with van der Waals surface area (Å²) in [5.41, 5.74) is 2.79. The molecule has 1 N–H and O–H groups in total. The first-order chi connectivity index (χ1) is 13.9. The number of esters is 1. The van der Waals surface area contributed by atoms with Crippen LogP contribution in [0.2, 0.25) is 0 Å². The van der Waals surface area contributed by atoms with Gasteiger partial charge in [-0.3, -0.25) is 14.9 Å². The zero-order valence-electron chi connectivity index (χ0n) is 16.3. The molecule has 1 aliphatic carbocycles. The number of amides is 1. The highest BCUT2D eigenvalue weighted by Gasteiger charge is 2.23. The second kappa shape index (κ2) is 8.72. The Morgan fingerprint density at radius 1 is 1.17 bits per heavy atom. The molecule has 1 atom stereocenters. The van der Waals surface area contributed by atoms with Gasteiger partial charge in [0.05, 0.1) is 17.1 Å². The number of ether oxygens (including phenoxy) is 2. The Hall–Kier alpha value is -3.42. The standard InChI is InChI=1S/C21H22N2O6/c1-3-28-19-10-8-16(12-18(19)23(26)27)21(25)29-13(2)20(24)22-17-9-7-14-5-4-6-15(14)11-17/h7-13H,3-6H2,1-2H3,(H,22,24)/t13-/m1/s1. The Morgan fingerprint density at radius 3 is 2.66 bits per heavy atom. The molecule has 8 nitrogen and oxygen atoms in total. The SMILES string of the molecule is CCOc1ccc(C(=O)O[C@H](C)C(=O)Nc2ccc3c(c2)CCC3)cc1[N+](=O)[O-]. The molecule has 2 aromatic rings. The van der Waals surface area contributed by atoms with E-state index in [1.165, 1.54) is 30.2 Å². The van der Waals surface area contributed by atoms with Crippen molar-refractivity contribution < 1.29 is 24.0 Å². The first-order valence-electron chi connectivity index (χ1n) is 9.44. The molecule has 0 radical (unpaired) electrons. The predicted octanol–water partition coefficient (Wildman–Crippen LogP) is 3.67. The van der Waals surface area contributed by atoms with E-state index in [2.05, 4.69) is 5.32 Å². The van der Waals surface area contributed by atoms with E-state index in [1.54, 1.807) is 6.92 Å². The maximum absolute atomic E-state index is 12.4. The van der Waals surface area contributed by atoms with Crippen molar-refractivity contribution in [3.63, 3.8) is 0 Å². The minimum atomic E-state index is -1.07. The third-order valence-corrected chi connectivity index (χ3v) is 4.71. The van der Waals surface area contributed by atoms with E-state index in [0.717, 1.165) is 25.3 Å². The largest absolute Gasteiger partial charge is 0.487 e. The molecule has 0 bridgehead atoms. The van der Waals surface area contributed by atoms with Crippen LogP contribution in [0.15, 0.2) is 36.4 Å². The van der Waals surface area contributed by atoms with E-state index in [0.29, 0.717) is 5.69 Å². The van der Waals surface area contributed by atoms with Gasteiger partial charge in [-0.05, 0) is 68.5 Å². The summed E-state index contributed by atoms with van der Waals surface area (Å²) in [4.78, 5) is 35.3. The topological polar surface area (TPSA) is 108 Å². The summed E-state index contributed by atoms with van der Waals surface area (Å²) in [6.45, 7) is 3.40. The molecule has 0 saturated heterocycles. The van der Waals surface area contributed by atoms with E-state index in [-0.39, 0.29) is 23.6 Å². The van der Waals surface area contributed by atoms with Gasteiger partial charge in [0.15, 0.2) is 11.9 Å². The van der Waals surface area contributed by atoms with Gasteiger partial charge in [0.1, 0.15) is 0 Å². The highest BCUT2D eigenvalue weighted by Crippen LogP contribution is 2.28. The van der Waals surface area contributed by atoms with E-state index in [1.807, 2.05) is 18.2 Å². The molecular formula is C21H22N2O6. The number of hydrogen-bond donors (Lipinski definition) is 1. The molecule has 1 aliphatic rings. The quantitative estimate of drug-likeness (QED) is 0.433. The minimum Gasteiger partial charge on any atom is -0.487 e. The molecule has 152 valence electrons. The van der Waals surface area contributed by atoms with E-state index >= 15 is 0 Å². The highest BCUT2D eigenvalue weighted by atomic mass is 16.6. The van der Waals surface area contributed by atoms with Gasteiger partial charge in [-0.25, -0.2) is 4.79 Å². The van der Waals surface area contributed by atoms with Crippen LogP contribution in [0.25, 0.3) is 0 Å². The number of nitrogens with one attached hydrogen (secondary N) is 1. The Kier molecular flexibility index (Phi) is 6.11. The highest BCUT2D eigenvalue weighted by molar-refractivity contribution is 5.97. The molecule has 0 fully saturated rings. The van der Waals surface area contributed by atoms with Crippen molar-refractivity contribution in [2.45, 2.75) is 39.2 Å². The molecule has 0 saturated carbocycles. The van der Waals surface area contributed by atoms with Crippen molar-refractivity contribution >= 4 is 23.3 Å². The summed E-state index contributed by atoms with van der Waals surface area (Å²) in [6.07, 6.45) is 2.07. The van der Waals surface area contributed by atoms with Crippen molar-refractivity contribution in [2.24, 2.45) is 0 Å². The Morgan fingerprint density at radius 2 is 1.93 bits per heavy atom. The van der Waals surface area contributed by atoms with Crippen LogP contribution < -0.4 is 10.1 Å². The molecule has 0 aliphatic heterocycles. The number of nitro groups is 1. The molecule has 3 rings (SSSR count). The molecular weight excluding hydrogens is 376 g/mol. The van der Waals surface area contributed by atoms with Crippen LogP contribution >= 0.6 is 0 Å². The average molecular weight is 398 g/mol. The van der Waals surface area contributed by atoms with Crippen LogP contribution in [0.4, 0.5) is 11.4 Å². The number of hydrogen-bond acceptors (Lipinski definition) is 6. The predicted molar refractivity (Wildman–Crippen MR) is 106 cm³/mol. The molecule has 29 heavy (non-hydrogen) atoms. The molecule has 1 amide bonds. The van der Waals surface area contributed by atoms with Crippen LogP contribution in [0.5, 0.6) is 5.75 Å². The maximum Gasteiger partial charge on any atom is 0.339 e. The Labute approximate surface area is 168 Å². The lowest BCUT2D eigenvalue weighted by Gasteiger charge is -2.14. The summed E-state index contributed by atoms with van der Waals surface area (Å²) >= 11 is 0. The van der Waals surface area contributed by atoms with Gasteiger partial charge in [-0.1, -0.05) is 6.07 Å². The number of aryl methyl sites for hydroxylation is 2. The minimum absolute atomic E-state index is 0.0302. The first kappa shape index (κ1) is 20.3. The number of nitrogens with zero attached hydrogens (tertiary/aromatic N) is 1. The van der Waals surface area contributed by atoms with Crippen molar-refractivity contribution in [2.75, 3.05) is 11.9 Å². The fourth-order valence-corrected chi connectivity index (χ4v) is 3.24. The number of rotatable bonds is 7. The number of carbonyl (C=O) groups is 2. The van der Waals surface area contributed by atoms with E-state index in [9.17, 15) is 19.7 Å². The van der Waals surface area contributed by atoms with Gasteiger partial charge in [-0.2, -0.15) is 0 Å². The molecule has 2 aromatic carbocycles. The van der Waals surface area contributed by atoms with Crippen LogP contribution in [-0.2, 0) is 22.4 Å².